The van der Waals surface area contributed by atoms with E-state index in [1.54, 1.807) is 6.92 Å². The van der Waals surface area contributed by atoms with Crippen LogP contribution in [0.3, 0.4) is 0 Å². The first kappa shape index (κ1) is 19.1. The number of rotatable bonds is 4. The fourth-order valence-electron chi connectivity index (χ4n) is 4.54. The number of carbonyl (C=O) groups excluding carboxylic acids is 1. The lowest BCUT2D eigenvalue weighted by Gasteiger charge is -2.34. The number of carbonyl (C=O) groups is 1. The lowest BCUT2D eigenvalue weighted by molar-refractivity contribution is -0.148. The Morgan fingerprint density at radius 1 is 0.710 bits per heavy atom. The number of hydrogen-bond donors (Lipinski definition) is 0. The molecule has 0 saturated heterocycles. The average molecular weight is 402 g/mol. The van der Waals surface area contributed by atoms with Gasteiger partial charge in [-0.1, -0.05) is 110 Å². The van der Waals surface area contributed by atoms with Crippen LogP contribution in [0.25, 0.3) is 22.3 Å². The van der Waals surface area contributed by atoms with Gasteiger partial charge in [-0.15, -0.1) is 0 Å². The van der Waals surface area contributed by atoms with E-state index in [0.717, 1.165) is 38.9 Å². The molecule has 2 heteroatoms. The van der Waals surface area contributed by atoms with Gasteiger partial charge >= 0.3 is 5.97 Å². The summed E-state index contributed by atoms with van der Waals surface area (Å²) in [6, 6.07) is 34.7. The maximum absolute atomic E-state index is 13.0. The Kier molecular flexibility index (Phi) is 4.56. The van der Waals surface area contributed by atoms with Crippen molar-refractivity contribution in [3.8, 4) is 22.3 Å². The maximum atomic E-state index is 13.0. The summed E-state index contributed by atoms with van der Waals surface area (Å²) in [7, 11) is 0. The van der Waals surface area contributed by atoms with E-state index in [2.05, 4.69) is 49.0 Å². The molecule has 5 rings (SSSR count). The summed E-state index contributed by atoms with van der Waals surface area (Å²) in [5.74, 6) is -0.408. The Hall–Kier alpha value is -3.91. The zero-order valence-electron chi connectivity index (χ0n) is 17.3. The van der Waals surface area contributed by atoms with E-state index in [9.17, 15) is 4.79 Å². The second kappa shape index (κ2) is 7.41. The van der Waals surface area contributed by atoms with Gasteiger partial charge in [-0.2, -0.15) is 0 Å². The van der Waals surface area contributed by atoms with Crippen LogP contribution in [0, 0.1) is 0 Å². The van der Waals surface area contributed by atoms with Gasteiger partial charge in [-0.05, 0) is 29.2 Å². The molecule has 31 heavy (non-hydrogen) atoms. The molecule has 0 radical (unpaired) electrons. The fraction of sp³-hybridized carbons (Fsp3) is 0.0690. The molecule has 0 heterocycles. The van der Waals surface area contributed by atoms with Crippen LogP contribution < -0.4 is 0 Å². The Morgan fingerprint density at radius 2 is 1.29 bits per heavy atom. The van der Waals surface area contributed by atoms with E-state index in [4.69, 9.17) is 4.74 Å². The molecule has 0 aliphatic heterocycles. The number of hydrogen-bond acceptors (Lipinski definition) is 2. The van der Waals surface area contributed by atoms with Gasteiger partial charge in [-0.3, -0.25) is 0 Å². The molecule has 0 fully saturated rings. The van der Waals surface area contributed by atoms with Gasteiger partial charge in [0.1, 0.15) is 0 Å². The van der Waals surface area contributed by atoms with Crippen LogP contribution in [-0.2, 0) is 15.1 Å². The van der Waals surface area contributed by atoms with Crippen molar-refractivity contribution in [3.05, 3.63) is 132 Å². The van der Waals surface area contributed by atoms with Crippen molar-refractivity contribution >= 4 is 5.97 Å². The van der Waals surface area contributed by atoms with Gasteiger partial charge in [0, 0.05) is 22.3 Å². The second-order valence-corrected chi connectivity index (χ2v) is 7.86. The van der Waals surface area contributed by atoms with Crippen LogP contribution in [-0.4, -0.2) is 5.97 Å². The first-order valence-electron chi connectivity index (χ1n) is 10.4. The summed E-state index contributed by atoms with van der Waals surface area (Å²) < 4.78 is 6.42. The summed E-state index contributed by atoms with van der Waals surface area (Å²) in [5.41, 5.74) is 6.47. The Balaban J connectivity index is 1.92. The van der Waals surface area contributed by atoms with Gasteiger partial charge in [0.15, 0.2) is 5.60 Å². The summed E-state index contributed by atoms with van der Waals surface area (Å²) >= 11 is 0. The molecule has 0 saturated carbocycles. The zero-order chi connectivity index (χ0) is 21.4. The van der Waals surface area contributed by atoms with E-state index >= 15 is 0 Å². The molecule has 1 unspecified atom stereocenters. The van der Waals surface area contributed by atoms with Gasteiger partial charge in [0.2, 0.25) is 0 Å². The molecule has 1 aliphatic carbocycles. The van der Waals surface area contributed by atoms with Crippen molar-refractivity contribution in [2.45, 2.75) is 12.5 Å². The average Bonchev–Trinajstić information content (AvgIpc) is 3.11. The minimum atomic E-state index is -1.06. The molecule has 1 atom stereocenters. The third-order valence-electron chi connectivity index (χ3n) is 5.87. The van der Waals surface area contributed by atoms with Gasteiger partial charge in [-0.25, -0.2) is 4.79 Å². The quantitative estimate of drug-likeness (QED) is 0.279. The van der Waals surface area contributed by atoms with Crippen LogP contribution in [0.2, 0.25) is 0 Å². The molecule has 4 aromatic rings. The molecule has 0 aromatic heterocycles. The van der Waals surface area contributed by atoms with E-state index < -0.39 is 11.6 Å². The number of ether oxygens (including phenoxy) is 1. The SMILES string of the molecule is C=C(C)C(=O)OC1(c2ccccc2)c2ccccc2-c2cccc(-c3ccccc3)c21. The van der Waals surface area contributed by atoms with Crippen LogP contribution in [0.5, 0.6) is 0 Å². The van der Waals surface area contributed by atoms with Gasteiger partial charge in [0.25, 0.3) is 0 Å². The lowest BCUT2D eigenvalue weighted by Crippen LogP contribution is -2.34. The van der Waals surface area contributed by atoms with E-state index in [1.165, 1.54) is 0 Å². The van der Waals surface area contributed by atoms with E-state index in [-0.39, 0.29) is 0 Å². The largest absolute Gasteiger partial charge is 0.441 e. The van der Waals surface area contributed by atoms with Gasteiger partial charge < -0.3 is 4.74 Å². The topological polar surface area (TPSA) is 26.3 Å². The number of esters is 1. The predicted octanol–water partition coefficient (Wildman–Crippen LogP) is 6.75. The molecular formula is C29H22O2. The normalized spacial score (nSPS) is 16.3. The summed E-state index contributed by atoms with van der Waals surface area (Å²) in [6.45, 7) is 5.53. The van der Waals surface area contributed by atoms with Crippen LogP contribution in [0.4, 0.5) is 0 Å². The first-order valence-corrected chi connectivity index (χ1v) is 10.4. The van der Waals surface area contributed by atoms with Crippen LogP contribution in [0.1, 0.15) is 23.6 Å². The summed E-state index contributed by atoms with van der Waals surface area (Å²) in [6.07, 6.45) is 0. The zero-order valence-corrected chi connectivity index (χ0v) is 17.3. The minimum absolute atomic E-state index is 0.374. The van der Waals surface area contributed by atoms with Crippen molar-refractivity contribution in [2.24, 2.45) is 0 Å². The molecule has 0 spiro atoms. The molecule has 150 valence electrons. The molecule has 0 N–H and O–H groups in total. The van der Waals surface area contributed by atoms with Gasteiger partial charge in [0.05, 0.1) is 0 Å². The summed E-state index contributed by atoms with van der Waals surface area (Å²) in [4.78, 5) is 13.0. The van der Waals surface area contributed by atoms with Crippen molar-refractivity contribution in [1.82, 2.24) is 0 Å². The molecule has 2 nitrogen and oxygen atoms in total. The molecule has 0 bridgehead atoms. The second-order valence-electron chi connectivity index (χ2n) is 7.86. The Morgan fingerprint density at radius 3 is 2.00 bits per heavy atom. The Bertz CT molecular complexity index is 1290. The standard InChI is InChI=1S/C29H22O2/c1-20(2)28(30)31-29(22-14-7-4-8-15-22)26-19-10-9-16-24(26)25-18-11-17-23(27(25)29)21-12-5-3-6-13-21/h3-19H,1H2,2H3. The van der Waals surface area contributed by atoms with Crippen molar-refractivity contribution in [1.29, 1.82) is 0 Å². The van der Waals surface area contributed by atoms with Crippen molar-refractivity contribution in [3.63, 3.8) is 0 Å². The number of fused-ring (bicyclic) bond motifs is 3. The van der Waals surface area contributed by atoms with Crippen LogP contribution >= 0.6 is 0 Å². The Labute approximate surface area is 182 Å². The molecular weight excluding hydrogens is 380 g/mol. The highest BCUT2D eigenvalue weighted by Crippen LogP contribution is 2.56. The van der Waals surface area contributed by atoms with Crippen molar-refractivity contribution in [2.75, 3.05) is 0 Å². The molecule has 0 amide bonds. The highest BCUT2D eigenvalue weighted by Gasteiger charge is 2.49. The van der Waals surface area contributed by atoms with Crippen molar-refractivity contribution < 1.29 is 9.53 Å². The lowest BCUT2D eigenvalue weighted by atomic mass is 9.80. The highest BCUT2D eigenvalue weighted by molar-refractivity contribution is 5.93. The number of benzene rings is 4. The summed E-state index contributed by atoms with van der Waals surface area (Å²) in [5, 5.41) is 0. The predicted molar refractivity (Wildman–Crippen MR) is 125 cm³/mol. The third kappa shape index (κ3) is 2.91. The van der Waals surface area contributed by atoms with Crippen LogP contribution in [0.15, 0.2) is 115 Å². The highest BCUT2D eigenvalue weighted by atomic mass is 16.6. The van der Waals surface area contributed by atoms with E-state index in [1.807, 2.05) is 60.7 Å². The molecule has 4 aromatic carbocycles. The monoisotopic (exact) mass is 402 g/mol. The van der Waals surface area contributed by atoms with E-state index in [0.29, 0.717) is 5.57 Å². The third-order valence-corrected chi connectivity index (χ3v) is 5.87. The molecule has 1 aliphatic rings. The first-order chi connectivity index (χ1) is 15.1. The fourth-order valence-corrected chi connectivity index (χ4v) is 4.54. The smallest absolute Gasteiger partial charge is 0.334 e. The minimum Gasteiger partial charge on any atom is -0.441 e. The maximum Gasteiger partial charge on any atom is 0.334 e.